The van der Waals surface area contributed by atoms with E-state index in [0.29, 0.717) is 102 Å². The molecule has 1 rings (SSSR count). The van der Waals surface area contributed by atoms with Gasteiger partial charge in [-0.1, -0.05) is 37.8 Å². The van der Waals surface area contributed by atoms with Gasteiger partial charge in [0.15, 0.2) is 0 Å². The number of benzene rings is 1. The number of hydrogen-bond donors (Lipinski definition) is 4. The van der Waals surface area contributed by atoms with Crippen molar-refractivity contribution in [3.8, 4) is 0 Å². The Kier molecular flexibility index (Phi) is 29.1. The molecule has 6 amide bonds. The second-order valence-electron chi connectivity index (χ2n) is 22.4. The van der Waals surface area contributed by atoms with E-state index in [-0.39, 0.29) is 17.5 Å². The topological polar surface area (TPSA) is 259 Å². The summed E-state index contributed by atoms with van der Waals surface area (Å²) in [6.07, 6.45) is 6.01. The van der Waals surface area contributed by atoms with Crippen LogP contribution in [0.4, 0.5) is 24.9 Å². The molecule has 0 aliphatic carbocycles. The number of rotatable bonds is 29. The van der Waals surface area contributed by atoms with Crippen LogP contribution in [0.5, 0.6) is 0 Å². The molecule has 73 heavy (non-hydrogen) atoms. The molecule has 0 heterocycles. The van der Waals surface area contributed by atoms with Crippen molar-refractivity contribution in [2.24, 2.45) is 9.98 Å². The molecule has 0 fully saturated rings. The van der Waals surface area contributed by atoms with Crippen LogP contribution in [0.2, 0.25) is 0 Å². The average molecular weight is 1030 g/mol. The fourth-order valence-electron chi connectivity index (χ4n) is 7.14. The molecule has 1 aromatic rings. The highest BCUT2D eigenvalue weighted by molar-refractivity contribution is 5.92. The van der Waals surface area contributed by atoms with Crippen LogP contribution in [0.3, 0.4) is 0 Å². The van der Waals surface area contributed by atoms with Gasteiger partial charge < -0.3 is 45.1 Å². The first-order valence-electron chi connectivity index (χ1n) is 25.8. The Morgan fingerprint density at radius 2 is 0.918 bits per heavy atom. The number of nitro groups is 1. The lowest BCUT2D eigenvalue weighted by Gasteiger charge is -2.25. The van der Waals surface area contributed by atoms with Gasteiger partial charge in [0.05, 0.1) is 4.92 Å². The van der Waals surface area contributed by atoms with Gasteiger partial charge in [-0.25, -0.2) is 19.2 Å². The first kappa shape index (κ1) is 65.4. The number of alkyl carbamates (subject to hydrolysis) is 2. The summed E-state index contributed by atoms with van der Waals surface area (Å²) in [6.45, 7) is 27.2. The number of hydrogen-bond acceptors (Lipinski definition) is 13. The summed E-state index contributed by atoms with van der Waals surface area (Å²) in [6, 6.07) is 4.81. The number of aliphatic imine (C=N–C) groups is 2. The molecule has 0 bridgehead atoms. The summed E-state index contributed by atoms with van der Waals surface area (Å²) in [5.41, 5.74) is -0.512. The van der Waals surface area contributed by atoms with Gasteiger partial charge >= 0.3 is 24.4 Å². The molecular formula is C53H90N8O12. The van der Waals surface area contributed by atoms with Crippen molar-refractivity contribution in [3.63, 3.8) is 0 Å². The van der Waals surface area contributed by atoms with Gasteiger partial charge in [0, 0.05) is 36.6 Å². The maximum absolute atomic E-state index is 13.6. The molecule has 4 N–H and O–H groups in total. The number of nitrogens with one attached hydrogen (secondary N) is 4. The predicted molar refractivity (Wildman–Crippen MR) is 284 cm³/mol. The van der Waals surface area contributed by atoms with E-state index in [0.717, 1.165) is 37.7 Å². The normalized spacial score (nSPS) is 13.4. The van der Waals surface area contributed by atoms with E-state index in [2.05, 4.69) is 36.2 Å². The standard InChI is InChI=1S/C53H90N8O12/c1-38(56-46(64)70-50(3,4)5)24-17-15-19-27-42(58-48(66)72-52(9,10)11)44(62)54-33-22-36-60(35-21-26-40-29-31-41(32-30-40)61(68)69)37-23-34-55-45(63)43(59-49(67)73-53(12,13)14)28-20-16-18-25-39(2)57-47(65)71-51(6,7)8/h29-32,42-43H,15-28,33-37H2,1-14H3,(H,54,62)(H,55,63)(H,58,66)(H,59,67)/t42-,43-/m0/s1. The maximum Gasteiger partial charge on any atom is 0.434 e. The number of nitro benzene ring substituents is 1. The third kappa shape index (κ3) is 35.2. The first-order valence-corrected chi connectivity index (χ1v) is 25.8. The van der Waals surface area contributed by atoms with Crippen molar-refractivity contribution in [1.29, 1.82) is 0 Å². The van der Waals surface area contributed by atoms with Gasteiger partial charge in [-0.3, -0.25) is 19.7 Å². The second kappa shape index (κ2) is 32.5. The van der Waals surface area contributed by atoms with E-state index < -0.39 is 63.8 Å². The van der Waals surface area contributed by atoms with Crippen LogP contribution in [0.15, 0.2) is 34.3 Å². The van der Waals surface area contributed by atoms with Crippen molar-refractivity contribution < 1.29 is 52.6 Å². The molecule has 0 saturated carbocycles. The SMILES string of the molecule is CC(CCCCC[C@H](NC(=O)OC(C)(C)C)C(=O)NCCCN(CCCNC(=O)[C@H](CCCCCC(C)=NC(=O)OC(C)(C)C)NC(=O)OC(C)(C)C)CCCc1ccc([N+](=O)[O-])cc1)=NC(=O)OC(C)(C)C. The summed E-state index contributed by atoms with van der Waals surface area (Å²) in [4.78, 5) is 97.9. The third-order valence-corrected chi connectivity index (χ3v) is 10.4. The van der Waals surface area contributed by atoms with E-state index >= 15 is 0 Å². The predicted octanol–water partition coefficient (Wildman–Crippen LogP) is 10.3. The van der Waals surface area contributed by atoms with Crippen molar-refractivity contribution in [2.75, 3.05) is 32.7 Å². The Bertz CT molecular complexity index is 1850. The summed E-state index contributed by atoms with van der Waals surface area (Å²) >= 11 is 0. The maximum atomic E-state index is 13.6. The zero-order valence-electron chi connectivity index (χ0n) is 46.6. The van der Waals surface area contributed by atoms with Crippen molar-refractivity contribution in [3.05, 3.63) is 39.9 Å². The molecule has 2 atom stereocenters. The van der Waals surface area contributed by atoms with Gasteiger partial charge in [-0.15, -0.1) is 0 Å². The highest BCUT2D eigenvalue weighted by atomic mass is 16.6. The lowest BCUT2D eigenvalue weighted by molar-refractivity contribution is -0.384. The Hall–Kier alpha value is -5.66. The summed E-state index contributed by atoms with van der Waals surface area (Å²) in [5.74, 6) is -0.671. The van der Waals surface area contributed by atoms with Crippen LogP contribution < -0.4 is 21.3 Å². The van der Waals surface area contributed by atoms with Crippen LogP contribution in [0, 0.1) is 10.1 Å². The van der Waals surface area contributed by atoms with E-state index in [9.17, 15) is 38.9 Å². The number of aryl methyl sites for hydroxylation is 1. The van der Waals surface area contributed by atoms with Crippen LogP contribution in [-0.4, -0.2) is 125 Å². The summed E-state index contributed by atoms with van der Waals surface area (Å²) in [7, 11) is 0. The summed E-state index contributed by atoms with van der Waals surface area (Å²) < 4.78 is 21.5. The van der Waals surface area contributed by atoms with Crippen molar-refractivity contribution >= 4 is 53.3 Å². The van der Waals surface area contributed by atoms with Gasteiger partial charge in [0.1, 0.15) is 34.5 Å². The molecular weight excluding hydrogens is 941 g/mol. The Morgan fingerprint density at radius 3 is 1.27 bits per heavy atom. The minimum Gasteiger partial charge on any atom is -0.444 e. The van der Waals surface area contributed by atoms with Crippen LogP contribution in [-0.2, 0) is 35.0 Å². The van der Waals surface area contributed by atoms with Crippen molar-refractivity contribution in [1.82, 2.24) is 26.2 Å². The molecule has 20 heteroatoms. The molecule has 0 aliphatic rings. The Morgan fingerprint density at radius 1 is 0.548 bits per heavy atom. The quantitative estimate of drug-likeness (QED) is 0.0192. The van der Waals surface area contributed by atoms with Gasteiger partial charge in [-0.2, -0.15) is 9.98 Å². The number of nitrogens with zero attached hydrogens (tertiary/aromatic N) is 4. The molecule has 20 nitrogen and oxygen atoms in total. The number of ether oxygens (including phenoxy) is 4. The first-order chi connectivity index (χ1) is 33.8. The fourth-order valence-corrected chi connectivity index (χ4v) is 7.14. The zero-order chi connectivity index (χ0) is 55.4. The zero-order valence-corrected chi connectivity index (χ0v) is 46.6. The smallest absolute Gasteiger partial charge is 0.434 e. The number of amides is 6. The molecule has 1 aromatic carbocycles. The Balaban J connectivity index is 2.97. The van der Waals surface area contributed by atoms with Crippen LogP contribution in [0.1, 0.15) is 186 Å². The molecule has 414 valence electrons. The molecule has 0 aliphatic heterocycles. The van der Waals surface area contributed by atoms with Gasteiger partial charge in [0.2, 0.25) is 11.8 Å². The lowest BCUT2D eigenvalue weighted by Crippen LogP contribution is -2.48. The molecule has 0 unspecified atom stereocenters. The third-order valence-electron chi connectivity index (χ3n) is 10.4. The molecule has 0 saturated heterocycles. The molecule has 0 radical (unpaired) electrons. The number of carbonyl (C=O) groups excluding carboxylic acids is 6. The average Bonchev–Trinajstić information content (AvgIpc) is 3.22. The van der Waals surface area contributed by atoms with E-state index in [1.54, 1.807) is 109 Å². The number of carbonyl (C=O) groups is 6. The largest absolute Gasteiger partial charge is 0.444 e. The van der Waals surface area contributed by atoms with Crippen molar-refractivity contribution in [2.45, 2.75) is 221 Å². The van der Waals surface area contributed by atoms with Crippen LogP contribution >= 0.6 is 0 Å². The minimum atomic E-state index is -0.837. The highest BCUT2D eigenvalue weighted by Gasteiger charge is 2.26. The fraction of sp³-hybridized carbons (Fsp3) is 0.736. The van der Waals surface area contributed by atoms with E-state index in [4.69, 9.17) is 18.9 Å². The van der Waals surface area contributed by atoms with E-state index in [1.165, 1.54) is 12.1 Å². The van der Waals surface area contributed by atoms with Gasteiger partial charge in [0.25, 0.3) is 5.69 Å². The lowest BCUT2D eigenvalue weighted by atomic mass is 10.1. The monoisotopic (exact) mass is 1030 g/mol. The van der Waals surface area contributed by atoms with E-state index in [1.807, 2.05) is 0 Å². The Labute approximate surface area is 434 Å². The highest BCUT2D eigenvalue weighted by Crippen LogP contribution is 2.16. The summed E-state index contributed by atoms with van der Waals surface area (Å²) in [5, 5.41) is 22.6. The molecule has 0 aromatic heterocycles. The molecule has 0 spiro atoms. The van der Waals surface area contributed by atoms with Crippen LogP contribution in [0.25, 0.3) is 0 Å². The second-order valence-corrected chi connectivity index (χ2v) is 22.4. The minimum absolute atomic E-state index is 0.0240. The number of non-ortho nitro benzene ring substituents is 1. The van der Waals surface area contributed by atoms with Gasteiger partial charge in [-0.05, 0) is 186 Å². The number of unbranched alkanes of at least 4 members (excludes halogenated alkanes) is 4.